The molecule has 2 fully saturated rings. The highest BCUT2D eigenvalue weighted by molar-refractivity contribution is 5.69. The van der Waals surface area contributed by atoms with Crippen molar-refractivity contribution in [2.45, 2.75) is 141 Å². The van der Waals surface area contributed by atoms with Crippen LogP contribution >= 0.6 is 0 Å². The van der Waals surface area contributed by atoms with Crippen molar-refractivity contribution in [3.63, 3.8) is 0 Å². The second kappa shape index (κ2) is 17.9. The van der Waals surface area contributed by atoms with E-state index < -0.39 is 0 Å². The van der Waals surface area contributed by atoms with E-state index in [1.807, 2.05) is 0 Å². The summed E-state index contributed by atoms with van der Waals surface area (Å²) in [6.45, 7) is 0.938. The van der Waals surface area contributed by atoms with Crippen LogP contribution in [0.3, 0.4) is 0 Å². The third-order valence-electron chi connectivity index (χ3n) is 7.13. The summed E-state index contributed by atoms with van der Waals surface area (Å²) in [6.07, 6.45) is 23.8. The Morgan fingerprint density at radius 2 is 1.39 bits per heavy atom. The lowest BCUT2D eigenvalue weighted by Crippen LogP contribution is -2.20. The molecule has 0 spiro atoms. The normalized spacial score (nSPS) is 19.4. The van der Waals surface area contributed by atoms with E-state index in [0.29, 0.717) is 25.7 Å². The predicted octanol–water partition coefficient (Wildman–Crippen LogP) is 7.22. The van der Waals surface area contributed by atoms with E-state index in [0.717, 1.165) is 50.9 Å². The van der Waals surface area contributed by atoms with E-state index in [1.54, 1.807) is 0 Å². The molecule has 0 heterocycles. The molecular weight excluding hydrogens is 392 g/mol. The van der Waals surface area contributed by atoms with Gasteiger partial charge in [0.2, 0.25) is 0 Å². The van der Waals surface area contributed by atoms with Gasteiger partial charge >= 0.3 is 5.97 Å². The van der Waals surface area contributed by atoms with Crippen LogP contribution in [0, 0.1) is 5.92 Å². The molecule has 1 atom stereocenters. The minimum absolute atomic E-state index is 0.0298. The molecule has 1 N–H and O–H groups in total. The molecule has 2 aliphatic carbocycles. The lowest BCUT2D eigenvalue weighted by molar-refractivity contribution is -0.283. The molecule has 31 heavy (non-hydrogen) atoms. The van der Waals surface area contributed by atoms with E-state index in [-0.39, 0.29) is 12.1 Å². The number of unbranched alkanes of at least 4 members (excludes halogenated alkanes) is 6. The third-order valence-corrected chi connectivity index (χ3v) is 7.13. The predicted molar refractivity (Wildman–Crippen MR) is 124 cm³/mol. The lowest BCUT2D eigenvalue weighted by atomic mass is 9.84. The average molecular weight is 441 g/mol. The van der Waals surface area contributed by atoms with Crippen LogP contribution in [-0.4, -0.2) is 36.6 Å². The molecule has 0 amide bonds. The van der Waals surface area contributed by atoms with Gasteiger partial charge in [-0.2, -0.15) is 0 Å². The Morgan fingerprint density at radius 3 is 2.06 bits per heavy atom. The Bertz CT molecular complexity index is 430. The van der Waals surface area contributed by atoms with Crippen LogP contribution in [0.2, 0.25) is 0 Å². The van der Waals surface area contributed by atoms with Crippen molar-refractivity contribution in [2.24, 2.45) is 5.92 Å². The van der Waals surface area contributed by atoms with Gasteiger partial charge < -0.3 is 9.47 Å². The molecule has 1 unspecified atom stereocenters. The highest BCUT2D eigenvalue weighted by Crippen LogP contribution is 2.29. The first-order chi connectivity index (χ1) is 15.3. The zero-order valence-corrected chi connectivity index (χ0v) is 19.9. The van der Waals surface area contributed by atoms with Crippen LogP contribution in [0.1, 0.15) is 128 Å². The monoisotopic (exact) mass is 440 g/mol. The van der Waals surface area contributed by atoms with E-state index in [1.165, 1.54) is 77.0 Å². The standard InChI is InChI=1S/C26H48O5/c27-26(30-21-20-29-24-16-11-7-12-17-24)19-13-5-3-1-2-4-10-18-25(31-28)22-23-14-8-6-9-15-23/h23-25,28H,1-22H2. The third kappa shape index (κ3) is 13.5. The minimum Gasteiger partial charge on any atom is -0.463 e. The van der Waals surface area contributed by atoms with Crippen LogP contribution in [0.4, 0.5) is 0 Å². The number of rotatable bonds is 17. The summed E-state index contributed by atoms with van der Waals surface area (Å²) in [4.78, 5) is 16.5. The summed E-state index contributed by atoms with van der Waals surface area (Å²) in [5.74, 6) is 0.669. The summed E-state index contributed by atoms with van der Waals surface area (Å²) in [7, 11) is 0. The van der Waals surface area contributed by atoms with Gasteiger partial charge in [-0.05, 0) is 38.0 Å². The Hall–Kier alpha value is -0.650. The van der Waals surface area contributed by atoms with Gasteiger partial charge in [0.05, 0.1) is 18.8 Å². The molecule has 2 aliphatic rings. The van der Waals surface area contributed by atoms with Gasteiger partial charge in [-0.3, -0.25) is 10.1 Å². The molecule has 0 saturated heterocycles. The number of esters is 1. The van der Waals surface area contributed by atoms with Crippen molar-refractivity contribution in [3.05, 3.63) is 0 Å². The molecule has 0 radical (unpaired) electrons. The van der Waals surface area contributed by atoms with Gasteiger partial charge in [-0.15, -0.1) is 0 Å². The van der Waals surface area contributed by atoms with E-state index in [2.05, 4.69) is 0 Å². The second-order valence-corrected chi connectivity index (χ2v) is 9.83. The number of carbonyl (C=O) groups is 1. The molecule has 5 nitrogen and oxygen atoms in total. The molecule has 0 aromatic heterocycles. The maximum absolute atomic E-state index is 11.8. The highest BCUT2D eigenvalue weighted by Gasteiger charge is 2.19. The molecule has 0 aromatic rings. The van der Waals surface area contributed by atoms with E-state index in [9.17, 15) is 10.1 Å². The topological polar surface area (TPSA) is 65.0 Å². The molecule has 0 bridgehead atoms. The van der Waals surface area contributed by atoms with Crippen molar-refractivity contribution < 1.29 is 24.4 Å². The van der Waals surface area contributed by atoms with Crippen molar-refractivity contribution >= 4 is 5.97 Å². The highest BCUT2D eigenvalue weighted by atomic mass is 17.1. The van der Waals surface area contributed by atoms with Gasteiger partial charge in [-0.25, -0.2) is 4.89 Å². The summed E-state index contributed by atoms with van der Waals surface area (Å²) in [5, 5.41) is 9.18. The number of carbonyl (C=O) groups excluding carboxylic acids is 1. The molecule has 0 aromatic carbocycles. The fourth-order valence-corrected chi connectivity index (χ4v) is 5.21. The quantitative estimate of drug-likeness (QED) is 0.112. The average Bonchev–Trinajstić information content (AvgIpc) is 2.81. The van der Waals surface area contributed by atoms with E-state index >= 15 is 0 Å². The Labute approximate surface area is 190 Å². The number of ether oxygens (including phenoxy) is 2. The molecule has 2 rings (SSSR count). The zero-order chi connectivity index (χ0) is 22.0. The maximum Gasteiger partial charge on any atom is 0.305 e. The fourth-order valence-electron chi connectivity index (χ4n) is 5.21. The van der Waals surface area contributed by atoms with Crippen LogP contribution in [0.25, 0.3) is 0 Å². The van der Waals surface area contributed by atoms with Gasteiger partial charge in [0.15, 0.2) is 0 Å². The van der Waals surface area contributed by atoms with E-state index in [4.69, 9.17) is 14.4 Å². The number of hydrogen-bond donors (Lipinski definition) is 1. The molecular formula is C26H48O5. The number of hydrogen-bond acceptors (Lipinski definition) is 5. The van der Waals surface area contributed by atoms with Crippen LogP contribution in [0.15, 0.2) is 0 Å². The van der Waals surface area contributed by atoms with Crippen LogP contribution in [0.5, 0.6) is 0 Å². The minimum atomic E-state index is -0.0831. The maximum atomic E-state index is 11.8. The van der Waals surface area contributed by atoms with Crippen LogP contribution < -0.4 is 0 Å². The van der Waals surface area contributed by atoms with Gasteiger partial charge in [0, 0.05) is 6.42 Å². The first kappa shape index (κ1) is 26.6. The second-order valence-electron chi connectivity index (χ2n) is 9.83. The van der Waals surface area contributed by atoms with Gasteiger partial charge in [0.25, 0.3) is 0 Å². The molecule has 0 aliphatic heterocycles. The Morgan fingerprint density at radius 1 is 0.774 bits per heavy atom. The van der Waals surface area contributed by atoms with Crippen LogP contribution in [-0.2, 0) is 19.2 Å². The molecule has 5 heteroatoms. The molecule has 2 saturated carbocycles. The first-order valence-corrected chi connectivity index (χ1v) is 13.4. The SMILES string of the molecule is O=C(CCCCCCCCCC(CC1CCCCC1)OO)OCCOC1CCCCC1. The van der Waals surface area contributed by atoms with Crippen molar-refractivity contribution in [2.75, 3.05) is 13.2 Å². The summed E-state index contributed by atoms with van der Waals surface area (Å²) >= 11 is 0. The largest absolute Gasteiger partial charge is 0.463 e. The van der Waals surface area contributed by atoms with Crippen molar-refractivity contribution in [1.82, 2.24) is 0 Å². The summed E-state index contributed by atoms with van der Waals surface area (Å²) in [6, 6.07) is 0. The Balaban J connectivity index is 1.32. The summed E-state index contributed by atoms with van der Waals surface area (Å²) < 4.78 is 11.1. The van der Waals surface area contributed by atoms with Gasteiger partial charge in [0.1, 0.15) is 6.61 Å². The Kier molecular flexibility index (Phi) is 15.3. The smallest absolute Gasteiger partial charge is 0.305 e. The fraction of sp³-hybridized carbons (Fsp3) is 0.962. The zero-order valence-electron chi connectivity index (χ0n) is 19.9. The summed E-state index contributed by atoms with van der Waals surface area (Å²) in [5.41, 5.74) is 0. The first-order valence-electron chi connectivity index (χ1n) is 13.4. The van der Waals surface area contributed by atoms with Crippen molar-refractivity contribution in [3.8, 4) is 0 Å². The van der Waals surface area contributed by atoms with Crippen molar-refractivity contribution in [1.29, 1.82) is 0 Å². The molecule has 182 valence electrons. The van der Waals surface area contributed by atoms with Gasteiger partial charge in [-0.1, -0.05) is 89.9 Å². The lowest BCUT2D eigenvalue weighted by Gasteiger charge is -2.24.